The Balaban J connectivity index is 2.63. The Hall–Kier alpha value is -1.40. The van der Waals surface area contributed by atoms with E-state index in [-0.39, 0.29) is 11.4 Å². The van der Waals surface area contributed by atoms with E-state index < -0.39 is 0 Å². The molecule has 0 aliphatic carbocycles. The Morgan fingerprint density at radius 3 is 3.00 bits per heavy atom. The second-order valence-electron chi connectivity index (χ2n) is 2.78. The molecule has 0 fully saturated rings. The molecule has 0 unspecified atom stereocenters. The molecule has 1 aromatic rings. The zero-order valence-electron chi connectivity index (χ0n) is 6.39. The van der Waals surface area contributed by atoms with Crippen LogP contribution in [0.5, 0.6) is 0 Å². The highest BCUT2D eigenvalue weighted by Gasteiger charge is 2.16. The number of nitrogens with one attached hydrogen (secondary N) is 1. The molecule has 0 aromatic heterocycles. The fourth-order valence-corrected chi connectivity index (χ4v) is 1.43. The largest absolute Gasteiger partial charge is 0.308 e. The van der Waals surface area contributed by atoms with Crippen LogP contribution in [0.25, 0.3) is 0 Å². The minimum Gasteiger partial charge on any atom is -0.308 e. The topological polar surface area (TPSA) is 35.8 Å². The first-order chi connectivity index (χ1) is 5.83. The number of rotatable bonds is 0. The van der Waals surface area contributed by atoms with Gasteiger partial charge < -0.3 is 5.32 Å². The summed E-state index contributed by atoms with van der Waals surface area (Å²) >= 11 is 0. The number of hydrogen-bond acceptors (Lipinski definition) is 2. The molecule has 0 bridgehead atoms. The maximum Gasteiger partial charge on any atom is 0.145 e. The number of hydrogen-bond donors (Lipinski definition) is 1. The fourth-order valence-electron chi connectivity index (χ4n) is 1.43. The lowest BCUT2D eigenvalue weighted by molar-refractivity contribution is 0.604. The predicted molar refractivity (Wildman–Crippen MR) is 41.7 cm³/mol. The Bertz CT molecular complexity index is 366. The van der Waals surface area contributed by atoms with E-state index in [2.05, 4.69) is 5.32 Å². The zero-order chi connectivity index (χ0) is 8.55. The molecule has 3 heteroatoms. The van der Waals surface area contributed by atoms with Gasteiger partial charge in [-0.25, -0.2) is 4.39 Å². The van der Waals surface area contributed by atoms with Crippen LogP contribution in [0.4, 0.5) is 4.39 Å². The number of nitriles is 1. The average Bonchev–Trinajstić information content (AvgIpc) is 2.53. The van der Waals surface area contributed by atoms with Gasteiger partial charge in [0.1, 0.15) is 11.9 Å². The molecule has 2 rings (SSSR count). The van der Waals surface area contributed by atoms with Crippen LogP contribution in [0.1, 0.15) is 16.7 Å². The van der Waals surface area contributed by atoms with Crippen LogP contribution in [0.3, 0.4) is 0 Å². The lowest BCUT2D eigenvalue weighted by atomic mass is 10.1. The summed E-state index contributed by atoms with van der Waals surface area (Å²) in [4.78, 5) is 0. The van der Waals surface area contributed by atoms with E-state index in [0.29, 0.717) is 18.7 Å². The van der Waals surface area contributed by atoms with E-state index in [0.717, 1.165) is 5.56 Å². The highest BCUT2D eigenvalue weighted by molar-refractivity contribution is 5.41. The van der Waals surface area contributed by atoms with Crippen molar-refractivity contribution < 1.29 is 4.39 Å². The van der Waals surface area contributed by atoms with Crippen LogP contribution in [0.2, 0.25) is 0 Å². The van der Waals surface area contributed by atoms with Gasteiger partial charge in [-0.2, -0.15) is 5.26 Å². The molecule has 2 nitrogen and oxygen atoms in total. The van der Waals surface area contributed by atoms with Gasteiger partial charge in [0.25, 0.3) is 0 Å². The second-order valence-corrected chi connectivity index (χ2v) is 2.78. The van der Waals surface area contributed by atoms with Gasteiger partial charge in [0.05, 0.1) is 5.56 Å². The van der Waals surface area contributed by atoms with Crippen molar-refractivity contribution in [2.24, 2.45) is 0 Å². The van der Waals surface area contributed by atoms with Crippen molar-refractivity contribution in [3.63, 3.8) is 0 Å². The smallest absolute Gasteiger partial charge is 0.145 e. The molecule has 1 N–H and O–H groups in total. The molecular weight excluding hydrogens is 155 g/mol. The van der Waals surface area contributed by atoms with Crippen molar-refractivity contribution in [3.05, 3.63) is 34.6 Å². The summed E-state index contributed by atoms with van der Waals surface area (Å²) in [5.74, 6) is -0.361. The molecule has 1 aliphatic heterocycles. The van der Waals surface area contributed by atoms with Crippen molar-refractivity contribution >= 4 is 0 Å². The van der Waals surface area contributed by atoms with Gasteiger partial charge in [-0.05, 0) is 11.6 Å². The van der Waals surface area contributed by atoms with Crippen molar-refractivity contribution in [3.8, 4) is 6.07 Å². The number of fused-ring (bicyclic) bond motifs is 1. The van der Waals surface area contributed by atoms with E-state index >= 15 is 0 Å². The summed E-state index contributed by atoms with van der Waals surface area (Å²) in [6.45, 7) is 1.24. The van der Waals surface area contributed by atoms with Crippen molar-refractivity contribution in [2.75, 3.05) is 0 Å². The van der Waals surface area contributed by atoms with Gasteiger partial charge in [-0.3, -0.25) is 0 Å². The van der Waals surface area contributed by atoms with Gasteiger partial charge in [0, 0.05) is 18.7 Å². The molecule has 12 heavy (non-hydrogen) atoms. The summed E-state index contributed by atoms with van der Waals surface area (Å²) in [5.41, 5.74) is 1.75. The molecule has 1 heterocycles. The van der Waals surface area contributed by atoms with E-state index in [1.807, 2.05) is 6.07 Å². The van der Waals surface area contributed by atoms with Gasteiger partial charge >= 0.3 is 0 Å². The molecule has 60 valence electrons. The Labute approximate surface area is 69.6 Å². The maximum absolute atomic E-state index is 13.3. The molecular formula is C9H7FN2. The zero-order valence-corrected chi connectivity index (χ0v) is 6.39. The summed E-state index contributed by atoms with van der Waals surface area (Å²) in [5, 5.41) is 11.6. The SMILES string of the molecule is N#Cc1ccc2c(c1F)CNC2. The van der Waals surface area contributed by atoms with Crippen LogP contribution in [0.15, 0.2) is 12.1 Å². The number of halogens is 1. The molecule has 0 radical (unpaired) electrons. The lowest BCUT2D eigenvalue weighted by Crippen LogP contribution is -2.00. The average molecular weight is 162 g/mol. The molecule has 1 aromatic carbocycles. The van der Waals surface area contributed by atoms with Gasteiger partial charge in [0.15, 0.2) is 0 Å². The van der Waals surface area contributed by atoms with Crippen LogP contribution in [0, 0.1) is 17.1 Å². The first-order valence-electron chi connectivity index (χ1n) is 3.74. The normalized spacial score (nSPS) is 14.0. The second kappa shape index (κ2) is 2.58. The molecule has 0 saturated heterocycles. The Morgan fingerprint density at radius 2 is 2.25 bits per heavy atom. The predicted octanol–water partition coefficient (Wildman–Crippen LogP) is 1.30. The van der Waals surface area contributed by atoms with Crippen LogP contribution >= 0.6 is 0 Å². The third-order valence-corrected chi connectivity index (χ3v) is 2.08. The minimum atomic E-state index is -0.361. The molecule has 0 amide bonds. The standard InChI is InChI=1S/C9H7FN2/c10-9-6(3-11)1-2-7-4-12-5-8(7)9/h1-2,12H,4-5H2. The van der Waals surface area contributed by atoms with E-state index in [9.17, 15) is 4.39 Å². The summed E-state index contributed by atoms with van der Waals surface area (Å²) < 4.78 is 13.3. The third-order valence-electron chi connectivity index (χ3n) is 2.08. The van der Waals surface area contributed by atoms with Crippen LogP contribution < -0.4 is 5.32 Å². The molecule has 0 atom stereocenters. The van der Waals surface area contributed by atoms with Crippen LogP contribution in [-0.2, 0) is 13.1 Å². The van der Waals surface area contributed by atoms with Crippen molar-refractivity contribution in [1.29, 1.82) is 5.26 Å². The monoisotopic (exact) mass is 162 g/mol. The minimum absolute atomic E-state index is 0.137. The highest BCUT2D eigenvalue weighted by atomic mass is 19.1. The fraction of sp³-hybridized carbons (Fsp3) is 0.222. The highest BCUT2D eigenvalue weighted by Crippen LogP contribution is 2.21. The molecule has 0 spiro atoms. The lowest BCUT2D eigenvalue weighted by Gasteiger charge is -1.99. The summed E-state index contributed by atoms with van der Waals surface area (Å²) in [6, 6.07) is 5.15. The Kier molecular flexibility index (Phi) is 1.56. The van der Waals surface area contributed by atoms with Gasteiger partial charge in [0.2, 0.25) is 0 Å². The summed E-state index contributed by atoms with van der Waals surface area (Å²) in [6.07, 6.45) is 0. The van der Waals surface area contributed by atoms with E-state index in [4.69, 9.17) is 5.26 Å². The van der Waals surface area contributed by atoms with Gasteiger partial charge in [-0.15, -0.1) is 0 Å². The van der Waals surface area contributed by atoms with E-state index in [1.165, 1.54) is 6.07 Å². The third kappa shape index (κ3) is 0.892. The molecule has 0 saturated carbocycles. The first kappa shape index (κ1) is 7.26. The summed E-state index contributed by atoms with van der Waals surface area (Å²) in [7, 11) is 0. The van der Waals surface area contributed by atoms with Crippen LogP contribution in [-0.4, -0.2) is 0 Å². The quantitative estimate of drug-likeness (QED) is 0.624. The Morgan fingerprint density at radius 1 is 1.42 bits per heavy atom. The number of nitrogens with zero attached hydrogens (tertiary/aromatic N) is 1. The first-order valence-corrected chi connectivity index (χ1v) is 3.74. The van der Waals surface area contributed by atoms with Crippen molar-refractivity contribution in [1.82, 2.24) is 5.32 Å². The van der Waals surface area contributed by atoms with E-state index in [1.54, 1.807) is 6.07 Å². The van der Waals surface area contributed by atoms with Gasteiger partial charge in [-0.1, -0.05) is 6.07 Å². The molecule has 1 aliphatic rings. The van der Waals surface area contributed by atoms with Crippen molar-refractivity contribution in [2.45, 2.75) is 13.1 Å². The number of benzene rings is 1. The maximum atomic E-state index is 13.3.